The van der Waals surface area contributed by atoms with Crippen molar-refractivity contribution >= 4 is 28.3 Å². The molecule has 2 aromatic rings. The molecule has 0 aliphatic carbocycles. The van der Waals surface area contributed by atoms with E-state index in [1.54, 1.807) is 24.3 Å². The van der Waals surface area contributed by atoms with Crippen LogP contribution in [0.25, 0.3) is 0 Å². The fraction of sp³-hybridized carbons (Fsp3) is 0.308. The zero-order valence-corrected chi connectivity index (χ0v) is 11.8. The SMILES string of the molecule is CC(C)(C)c1nsc(Nc2cccc(C(=O)O)c2)n1. The molecule has 0 radical (unpaired) electrons. The molecule has 1 aromatic heterocycles. The second kappa shape index (κ2) is 4.97. The maximum absolute atomic E-state index is 10.9. The highest BCUT2D eigenvalue weighted by Crippen LogP contribution is 2.25. The minimum Gasteiger partial charge on any atom is -0.478 e. The summed E-state index contributed by atoms with van der Waals surface area (Å²) in [6.45, 7) is 6.14. The number of carboxylic acids is 1. The number of nitrogens with zero attached hydrogens (tertiary/aromatic N) is 2. The third-order valence-electron chi connectivity index (χ3n) is 2.46. The summed E-state index contributed by atoms with van der Waals surface area (Å²) in [4.78, 5) is 15.3. The Morgan fingerprint density at radius 1 is 1.37 bits per heavy atom. The van der Waals surface area contributed by atoms with E-state index in [9.17, 15) is 4.79 Å². The Labute approximate surface area is 115 Å². The van der Waals surface area contributed by atoms with E-state index in [2.05, 4.69) is 14.7 Å². The number of hydrogen-bond acceptors (Lipinski definition) is 5. The predicted octanol–water partition coefficient (Wildman–Crippen LogP) is 3.28. The number of anilines is 2. The summed E-state index contributed by atoms with van der Waals surface area (Å²) in [5.41, 5.74) is 0.835. The van der Waals surface area contributed by atoms with Crippen molar-refractivity contribution in [3.05, 3.63) is 35.7 Å². The van der Waals surface area contributed by atoms with Crippen molar-refractivity contribution in [2.24, 2.45) is 0 Å². The summed E-state index contributed by atoms with van der Waals surface area (Å²) >= 11 is 1.27. The zero-order valence-electron chi connectivity index (χ0n) is 11.0. The van der Waals surface area contributed by atoms with Crippen LogP contribution >= 0.6 is 11.5 Å². The van der Waals surface area contributed by atoms with Crippen LogP contribution < -0.4 is 5.32 Å². The fourth-order valence-electron chi connectivity index (χ4n) is 1.43. The number of benzene rings is 1. The molecule has 2 N–H and O–H groups in total. The van der Waals surface area contributed by atoms with Gasteiger partial charge in [-0.25, -0.2) is 9.78 Å². The lowest BCUT2D eigenvalue weighted by molar-refractivity contribution is 0.0697. The number of aromatic carboxylic acids is 1. The smallest absolute Gasteiger partial charge is 0.335 e. The monoisotopic (exact) mass is 277 g/mol. The molecule has 0 saturated heterocycles. The molecule has 0 amide bonds. The largest absolute Gasteiger partial charge is 0.478 e. The second-order valence-corrected chi connectivity index (χ2v) is 5.94. The summed E-state index contributed by atoms with van der Waals surface area (Å²) in [5.74, 6) is -0.175. The number of hydrogen-bond donors (Lipinski definition) is 2. The molecule has 0 aliphatic heterocycles. The molecule has 5 nitrogen and oxygen atoms in total. The summed E-state index contributed by atoms with van der Waals surface area (Å²) in [6, 6.07) is 6.61. The van der Waals surface area contributed by atoms with Gasteiger partial charge in [-0.1, -0.05) is 26.8 Å². The Hall–Kier alpha value is -1.95. The third kappa shape index (κ3) is 3.29. The van der Waals surface area contributed by atoms with E-state index in [-0.39, 0.29) is 11.0 Å². The molecule has 0 aliphatic rings. The predicted molar refractivity (Wildman–Crippen MR) is 75.3 cm³/mol. The van der Waals surface area contributed by atoms with E-state index in [0.717, 1.165) is 5.82 Å². The summed E-state index contributed by atoms with van der Waals surface area (Å²) in [7, 11) is 0. The van der Waals surface area contributed by atoms with Gasteiger partial charge in [-0.15, -0.1) is 0 Å². The molecule has 0 atom stereocenters. The van der Waals surface area contributed by atoms with Gasteiger partial charge in [-0.3, -0.25) is 0 Å². The Balaban J connectivity index is 2.19. The Bertz CT molecular complexity index is 602. The van der Waals surface area contributed by atoms with Crippen molar-refractivity contribution in [3.8, 4) is 0 Å². The van der Waals surface area contributed by atoms with Crippen molar-refractivity contribution < 1.29 is 9.90 Å². The number of nitrogens with one attached hydrogen (secondary N) is 1. The van der Waals surface area contributed by atoms with Crippen LogP contribution in [0.5, 0.6) is 0 Å². The van der Waals surface area contributed by atoms with Crippen molar-refractivity contribution in [2.75, 3.05) is 5.32 Å². The van der Waals surface area contributed by atoms with Crippen molar-refractivity contribution in [1.29, 1.82) is 0 Å². The second-order valence-electron chi connectivity index (χ2n) is 5.18. The minimum atomic E-state index is -0.948. The Kier molecular flexibility index (Phi) is 3.53. The Morgan fingerprint density at radius 3 is 2.68 bits per heavy atom. The maximum atomic E-state index is 10.9. The Morgan fingerprint density at radius 2 is 2.11 bits per heavy atom. The fourth-order valence-corrected chi connectivity index (χ4v) is 2.21. The van der Waals surface area contributed by atoms with Crippen LogP contribution in [0.15, 0.2) is 24.3 Å². The van der Waals surface area contributed by atoms with Gasteiger partial charge in [0.2, 0.25) is 5.13 Å². The number of carboxylic acid groups (broad SMARTS) is 1. The van der Waals surface area contributed by atoms with E-state index < -0.39 is 5.97 Å². The van der Waals surface area contributed by atoms with Gasteiger partial charge in [0.1, 0.15) is 5.82 Å². The first-order chi connectivity index (χ1) is 8.86. The van der Waals surface area contributed by atoms with Gasteiger partial charge in [0.05, 0.1) is 5.56 Å². The van der Waals surface area contributed by atoms with E-state index in [0.29, 0.717) is 10.8 Å². The van der Waals surface area contributed by atoms with Gasteiger partial charge in [0.15, 0.2) is 0 Å². The first kappa shape index (κ1) is 13.5. The van der Waals surface area contributed by atoms with Gasteiger partial charge in [0.25, 0.3) is 0 Å². The normalized spacial score (nSPS) is 11.3. The van der Waals surface area contributed by atoms with Crippen molar-refractivity contribution in [3.63, 3.8) is 0 Å². The standard InChI is InChI=1S/C13H15N3O2S/c1-13(2,3)11-15-12(19-16-11)14-9-6-4-5-8(7-9)10(17)18/h4-7H,1-3H3,(H,17,18)(H,14,15,16). The summed E-state index contributed by atoms with van der Waals surface area (Å²) in [5, 5.41) is 12.7. The quantitative estimate of drug-likeness (QED) is 0.900. The third-order valence-corrected chi connectivity index (χ3v) is 3.09. The number of rotatable bonds is 3. The molecule has 19 heavy (non-hydrogen) atoms. The van der Waals surface area contributed by atoms with Gasteiger partial charge < -0.3 is 10.4 Å². The highest BCUT2D eigenvalue weighted by molar-refractivity contribution is 7.09. The molecule has 100 valence electrons. The van der Waals surface area contributed by atoms with Crippen molar-refractivity contribution in [2.45, 2.75) is 26.2 Å². The molecule has 1 heterocycles. The van der Waals surface area contributed by atoms with E-state index in [1.165, 1.54) is 11.5 Å². The molecular formula is C13H15N3O2S. The highest BCUT2D eigenvalue weighted by Gasteiger charge is 2.19. The molecule has 0 bridgehead atoms. The van der Waals surface area contributed by atoms with Gasteiger partial charge in [-0.05, 0) is 18.2 Å². The number of carbonyl (C=O) groups is 1. The lowest BCUT2D eigenvalue weighted by atomic mass is 9.96. The maximum Gasteiger partial charge on any atom is 0.335 e. The topological polar surface area (TPSA) is 75.1 Å². The van der Waals surface area contributed by atoms with Crippen LogP contribution in [0.2, 0.25) is 0 Å². The molecule has 1 aromatic carbocycles. The van der Waals surface area contributed by atoms with Crippen molar-refractivity contribution in [1.82, 2.24) is 9.36 Å². The zero-order chi connectivity index (χ0) is 14.0. The minimum absolute atomic E-state index is 0.0979. The van der Waals surface area contributed by atoms with Gasteiger partial charge in [0, 0.05) is 22.6 Å². The van der Waals surface area contributed by atoms with Crippen LogP contribution in [0, 0.1) is 0 Å². The van der Waals surface area contributed by atoms with Crippen LogP contribution in [0.1, 0.15) is 37.0 Å². The van der Waals surface area contributed by atoms with Crippen LogP contribution in [-0.4, -0.2) is 20.4 Å². The van der Waals surface area contributed by atoms with Gasteiger partial charge >= 0.3 is 5.97 Å². The van der Waals surface area contributed by atoms with E-state index in [1.807, 2.05) is 20.8 Å². The van der Waals surface area contributed by atoms with Gasteiger partial charge in [-0.2, -0.15) is 4.37 Å². The molecule has 2 rings (SSSR count). The summed E-state index contributed by atoms with van der Waals surface area (Å²) < 4.78 is 4.29. The van der Waals surface area contributed by atoms with Crippen LogP contribution in [0.4, 0.5) is 10.8 Å². The lowest BCUT2D eigenvalue weighted by Crippen LogP contribution is -2.13. The molecule has 0 saturated carbocycles. The van der Waals surface area contributed by atoms with Crippen LogP contribution in [0.3, 0.4) is 0 Å². The average molecular weight is 277 g/mol. The first-order valence-corrected chi connectivity index (χ1v) is 6.58. The summed E-state index contributed by atoms with van der Waals surface area (Å²) in [6.07, 6.45) is 0. The molecule has 0 unspecified atom stereocenters. The highest BCUT2D eigenvalue weighted by atomic mass is 32.1. The average Bonchev–Trinajstić information content (AvgIpc) is 2.77. The van der Waals surface area contributed by atoms with E-state index in [4.69, 9.17) is 5.11 Å². The molecular weight excluding hydrogens is 262 g/mol. The van der Waals surface area contributed by atoms with Crippen LogP contribution in [-0.2, 0) is 5.41 Å². The molecule has 0 fully saturated rings. The molecule has 6 heteroatoms. The first-order valence-electron chi connectivity index (χ1n) is 5.81. The molecule has 0 spiro atoms. The number of aromatic nitrogens is 2. The van der Waals surface area contributed by atoms with E-state index >= 15 is 0 Å². The lowest BCUT2D eigenvalue weighted by Gasteiger charge is -2.12.